The summed E-state index contributed by atoms with van der Waals surface area (Å²) in [5.74, 6) is 0.912. The van der Waals surface area contributed by atoms with Crippen molar-refractivity contribution in [3.8, 4) is 10.9 Å². The topological polar surface area (TPSA) is 54.5 Å². The minimum Gasteiger partial charge on any atom is -0.431 e. The Labute approximate surface area is 181 Å². The number of carbonyl (C=O) groups excluding carboxylic acids is 1. The zero-order valence-electron chi connectivity index (χ0n) is 17.4. The monoisotopic (exact) mass is 421 g/mol. The van der Waals surface area contributed by atoms with Gasteiger partial charge in [-0.05, 0) is 61.9 Å². The average molecular weight is 422 g/mol. The molecule has 0 radical (unpaired) electrons. The number of rotatable bonds is 5. The van der Waals surface area contributed by atoms with Gasteiger partial charge >= 0.3 is 0 Å². The van der Waals surface area contributed by atoms with Crippen LogP contribution in [0.25, 0.3) is 10.2 Å². The lowest BCUT2D eigenvalue weighted by Crippen LogP contribution is -2.49. The molecule has 5 rings (SSSR count). The van der Waals surface area contributed by atoms with Crippen molar-refractivity contribution in [1.29, 1.82) is 0 Å². The number of aromatic nitrogens is 1. The fraction of sp³-hybridized carbons (Fsp3) is 0.417. The number of amides is 1. The van der Waals surface area contributed by atoms with Crippen molar-refractivity contribution >= 4 is 27.5 Å². The van der Waals surface area contributed by atoms with Crippen LogP contribution in [-0.4, -0.2) is 33.9 Å². The van der Waals surface area contributed by atoms with Crippen molar-refractivity contribution in [2.24, 2.45) is 0 Å². The maximum atomic E-state index is 11.4. The van der Waals surface area contributed by atoms with E-state index >= 15 is 0 Å². The van der Waals surface area contributed by atoms with E-state index in [1.165, 1.54) is 24.0 Å². The molecule has 30 heavy (non-hydrogen) atoms. The van der Waals surface area contributed by atoms with E-state index < -0.39 is 0 Å². The van der Waals surface area contributed by atoms with Crippen LogP contribution in [-0.2, 0) is 11.3 Å². The van der Waals surface area contributed by atoms with Gasteiger partial charge in [0.05, 0.1) is 10.2 Å². The van der Waals surface area contributed by atoms with Gasteiger partial charge in [0.15, 0.2) is 0 Å². The highest BCUT2D eigenvalue weighted by Gasteiger charge is 2.40. The van der Waals surface area contributed by atoms with Crippen molar-refractivity contribution in [2.45, 2.75) is 64.2 Å². The molecule has 0 aliphatic carbocycles. The number of carbonyl (C=O) groups is 1. The lowest BCUT2D eigenvalue weighted by atomic mass is 9.96. The molecule has 3 heterocycles. The molecular weight excluding hydrogens is 394 g/mol. The molecule has 2 aliphatic heterocycles. The Hall–Kier alpha value is -2.44. The number of thiazole rings is 1. The summed E-state index contributed by atoms with van der Waals surface area (Å²) < 4.78 is 7.18. The number of ether oxygens (including phenoxy) is 1. The van der Waals surface area contributed by atoms with E-state index in [4.69, 9.17) is 4.74 Å². The van der Waals surface area contributed by atoms with Gasteiger partial charge < -0.3 is 10.1 Å². The van der Waals surface area contributed by atoms with Crippen LogP contribution in [0.3, 0.4) is 0 Å². The Morgan fingerprint density at radius 2 is 1.90 bits per heavy atom. The first-order chi connectivity index (χ1) is 14.5. The SMILES string of the molecule is CC(=O)NC1CC2CCC(C1)N2Cc1ccc(Oc2nc3c(C)cccc3s2)cc1. The second kappa shape index (κ2) is 8.00. The Bertz CT molecular complexity index is 1050. The van der Waals surface area contributed by atoms with Crippen molar-refractivity contribution in [1.82, 2.24) is 15.2 Å². The summed E-state index contributed by atoms with van der Waals surface area (Å²) in [5.41, 5.74) is 3.50. The quantitative estimate of drug-likeness (QED) is 0.628. The van der Waals surface area contributed by atoms with Gasteiger partial charge in [0.2, 0.25) is 5.91 Å². The van der Waals surface area contributed by atoms with Gasteiger partial charge in [0.25, 0.3) is 5.19 Å². The molecule has 1 amide bonds. The van der Waals surface area contributed by atoms with E-state index in [-0.39, 0.29) is 5.91 Å². The molecule has 1 aromatic heterocycles. The van der Waals surface area contributed by atoms with Gasteiger partial charge in [-0.1, -0.05) is 35.6 Å². The van der Waals surface area contributed by atoms with Crippen molar-refractivity contribution in [2.75, 3.05) is 0 Å². The third kappa shape index (κ3) is 3.94. The number of benzene rings is 2. The Kier molecular flexibility index (Phi) is 5.21. The molecule has 0 spiro atoms. The lowest BCUT2D eigenvalue weighted by molar-refractivity contribution is -0.120. The van der Waals surface area contributed by atoms with Crippen molar-refractivity contribution in [3.05, 3.63) is 53.6 Å². The zero-order chi connectivity index (χ0) is 20.7. The number of nitrogens with zero attached hydrogens (tertiary/aromatic N) is 2. The first kappa shape index (κ1) is 19.5. The molecule has 2 fully saturated rings. The summed E-state index contributed by atoms with van der Waals surface area (Å²) in [4.78, 5) is 18.7. The lowest BCUT2D eigenvalue weighted by Gasteiger charge is -2.39. The van der Waals surface area contributed by atoms with Gasteiger partial charge in [0, 0.05) is 31.6 Å². The molecule has 5 nitrogen and oxygen atoms in total. The van der Waals surface area contributed by atoms with Crippen LogP contribution in [0.15, 0.2) is 42.5 Å². The summed E-state index contributed by atoms with van der Waals surface area (Å²) in [6.45, 7) is 4.66. The van der Waals surface area contributed by atoms with Crippen LogP contribution in [0.4, 0.5) is 0 Å². The molecule has 3 aromatic rings. The summed E-state index contributed by atoms with van der Waals surface area (Å²) in [5, 5.41) is 3.81. The molecule has 156 valence electrons. The van der Waals surface area contributed by atoms with Crippen LogP contribution in [0.5, 0.6) is 10.9 Å². The highest BCUT2D eigenvalue weighted by Crippen LogP contribution is 2.37. The fourth-order valence-corrected chi connectivity index (χ4v) is 5.93. The van der Waals surface area contributed by atoms with E-state index in [2.05, 4.69) is 52.5 Å². The maximum Gasteiger partial charge on any atom is 0.279 e. The third-order valence-corrected chi connectivity index (χ3v) is 7.29. The zero-order valence-corrected chi connectivity index (χ0v) is 18.2. The van der Waals surface area contributed by atoms with Crippen molar-refractivity contribution in [3.63, 3.8) is 0 Å². The second-order valence-electron chi connectivity index (χ2n) is 8.57. The summed E-state index contributed by atoms with van der Waals surface area (Å²) >= 11 is 1.58. The fourth-order valence-electron chi connectivity index (χ4n) is 5.02. The first-order valence-corrected chi connectivity index (χ1v) is 11.5. The number of nitrogens with one attached hydrogen (secondary N) is 1. The number of para-hydroxylation sites is 1. The molecule has 0 saturated carbocycles. The van der Waals surface area contributed by atoms with Gasteiger partial charge in [-0.25, -0.2) is 4.98 Å². The van der Waals surface area contributed by atoms with Crippen LogP contribution in [0.1, 0.15) is 43.7 Å². The van der Waals surface area contributed by atoms with Gasteiger partial charge in [-0.15, -0.1) is 0 Å². The number of piperidine rings is 1. The van der Waals surface area contributed by atoms with Gasteiger partial charge in [-0.3, -0.25) is 9.69 Å². The summed E-state index contributed by atoms with van der Waals surface area (Å²) in [6.07, 6.45) is 4.60. The van der Waals surface area contributed by atoms with E-state index in [0.29, 0.717) is 23.3 Å². The van der Waals surface area contributed by atoms with Crippen LogP contribution in [0.2, 0.25) is 0 Å². The van der Waals surface area contributed by atoms with Crippen molar-refractivity contribution < 1.29 is 9.53 Å². The van der Waals surface area contributed by atoms with Crippen LogP contribution in [0, 0.1) is 6.92 Å². The Balaban J connectivity index is 1.23. The number of hydrogen-bond acceptors (Lipinski definition) is 5. The minimum atomic E-state index is 0.0896. The maximum absolute atomic E-state index is 11.4. The summed E-state index contributed by atoms with van der Waals surface area (Å²) in [6, 6.07) is 16.1. The van der Waals surface area contributed by atoms with Gasteiger partial charge in [-0.2, -0.15) is 0 Å². The molecule has 2 unspecified atom stereocenters. The third-order valence-electron chi connectivity index (χ3n) is 6.39. The molecule has 2 bridgehead atoms. The van der Waals surface area contributed by atoms with Crippen LogP contribution < -0.4 is 10.1 Å². The van der Waals surface area contributed by atoms with E-state index in [1.807, 2.05) is 12.1 Å². The number of aryl methyl sites for hydroxylation is 1. The molecule has 2 aromatic carbocycles. The Morgan fingerprint density at radius 3 is 2.57 bits per heavy atom. The number of hydrogen-bond donors (Lipinski definition) is 1. The van der Waals surface area contributed by atoms with Gasteiger partial charge in [0.1, 0.15) is 5.75 Å². The highest BCUT2D eigenvalue weighted by atomic mass is 32.1. The van der Waals surface area contributed by atoms with E-state index in [1.54, 1.807) is 18.3 Å². The largest absolute Gasteiger partial charge is 0.431 e. The molecule has 2 aliphatic rings. The van der Waals surface area contributed by atoms with Crippen LogP contribution >= 0.6 is 11.3 Å². The molecule has 2 atom stereocenters. The first-order valence-electron chi connectivity index (χ1n) is 10.7. The molecular formula is C24H27N3O2S. The second-order valence-corrected chi connectivity index (χ2v) is 9.57. The summed E-state index contributed by atoms with van der Waals surface area (Å²) in [7, 11) is 0. The minimum absolute atomic E-state index is 0.0896. The highest BCUT2D eigenvalue weighted by molar-refractivity contribution is 7.20. The van der Waals surface area contributed by atoms with E-state index in [0.717, 1.165) is 35.4 Å². The normalized spacial score (nSPS) is 23.6. The molecule has 1 N–H and O–H groups in total. The average Bonchev–Trinajstić information content (AvgIpc) is 3.21. The predicted molar refractivity (Wildman–Crippen MR) is 120 cm³/mol. The molecule has 2 saturated heterocycles. The van der Waals surface area contributed by atoms with E-state index in [9.17, 15) is 4.79 Å². The smallest absolute Gasteiger partial charge is 0.279 e. The molecule has 6 heteroatoms. The number of fused-ring (bicyclic) bond motifs is 3. The standard InChI is InChI=1S/C24H27N3O2S/c1-15-4-3-5-22-23(15)26-24(30-22)29-21-10-6-17(7-11-21)14-27-19-8-9-20(27)13-18(12-19)25-16(2)28/h3-7,10-11,18-20H,8-9,12-14H2,1-2H3,(H,25,28). The Morgan fingerprint density at radius 1 is 1.17 bits per heavy atom. The predicted octanol–water partition coefficient (Wildman–Crippen LogP) is 5.03.